The number of furan rings is 1. The number of fused-ring (bicyclic) bond motifs is 11. The molecule has 0 amide bonds. The van der Waals surface area contributed by atoms with Gasteiger partial charge in [0.15, 0.2) is 5.82 Å². The number of benzene rings is 13. The molecule has 2 heterocycles. The number of hydrogen-bond acceptors (Lipinski definition) is 3. The molecule has 0 atom stereocenters. The maximum absolute atomic E-state index is 6.98. The first kappa shape index (κ1) is 44.3. The van der Waals surface area contributed by atoms with Crippen molar-refractivity contribution in [3.63, 3.8) is 0 Å². The summed E-state index contributed by atoms with van der Waals surface area (Å²) in [4.78, 5) is 11.1. The van der Waals surface area contributed by atoms with E-state index >= 15 is 0 Å². The third kappa shape index (κ3) is 7.84. The quantitative estimate of drug-likeness (QED) is 0.142. The Balaban J connectivity index is 0.940. The van der Waals surface area contributed by atoms with Gasteiger partial charge in [0, 0.05) is 27.5 Å². The summed E-state index contributed by atoms with van der Waals surface area (Å²) in [6.07, 6.45) is 0. The van der Waals surface area contributed by atoms with E-state index < -0.39 is 0 Å². The molecule has 3 nitrogen and oxygen atoms in total. The molecule has 0 fully saturated rings. The smallest absolute Gasteiger partial charge is 0.160 e. The van der Waals surface area contributed by atoms with Crippen molar-refractivity contribution in [1.82, 2.24) is 9.97 Å². The number of rotatable bonds is 8. The fourth-order valence-electron chi connectivity index (χ4n) is 11.7. The van der Waals surface area contributed by atoms with Gasteiger partial charge >= 0.3 is 0 Å². The molecule has 15 rings (SSSR count). The first-order valence-electron chi connectivity index (χ1n) is 26.3. The first-order chi connectivity index (χ1) is 38.1. The zero-order valence-electron chi connectivity index (χ0n) is 41.9. The second-order valence-corrected chi connectivity index (χ2v) is 20.0. The van der Waals surface area contributed by atoms with Gasteiger partial charge in [-0.05, 0) is 165 Å². The van der Waals surface area contributed by atoms with Crippen LogP contribution in [0.5, 0.6) is 0 Å². The summed E-state index contributed by atoms with van der Waals surface area (Å²) >= 11 is 0. The van der Waals surface area contributed by atoms with Crippen molar-refractivity contribution in [3.8, 4) is 89.5 Å². The molecule has 0 saturated heterocycles. The van der Waals surface area contributed by atoms with Crippen LogP contribution in [0, 0.1) is 0 Å². The molecule has 3 heteroatoms. The van der Waals surface area contributed by atoms with Crippen molar-refractivity contribution < 1.29 is 4.42 Å². The van der Waals surface area contributed by atoms with Gasteiger partial charge in [-0.3, -0.25) is 0 Å². The molecule has 0 unspecified atom stereocenters. The zero-order valence-corrected chi connectivity index (χ0v) is 41.9. The molecule has 0 aliphatic carbocycles. The predicted octanol–water partition coefficient (Wildman–Crippen LogP) is 20.3. The first-order valence-corrected chi connectivity index (χ1v) is 26.3. The third-order valence-electron chi connectivity index (χ3n) is 15.4. The highest BCUT2D eigenvalue weighted by Crippen LogP contribution is 2.45. The number of aromatic nitrogens is 2. The van der Waals surface area contributed by atoms with Crippen LogP contribution in [-0.4, -0.2) is 9.97 Å². The van der Waals surface area contributed by atoms with Gasteiger partial charge in [0.05, 0.1) is 11.4 Å². The Morgan fingerprint density at radius 3 is 1.05 bits per heavy atom. The lowest BCUT2D eigenvalue weighted by molar-refractivity contribution is 0.670. The average Bonchev–Trinajstić information content (AvgIpc) is 4.16. The van der Waals surface area contributed by atoms with Crippen molar-refractivity contribution in [3.05, 3.63) is 279 Å². The van der Waals surface area contributed by atoms with Gasteiger partial charge in [-0.25, -0.2) is 9.97 Å². The summed E-state index contributed by atoms with van der Waals surface area (Å²) in [5, 5.41) is 11.9. The molecule has 0 spiro atoms. The standard InChI is InChI=1S/C74H46N2O/c1-5-20-47(21-6-1)53-37-54(48-22-7-2-8-23-48)40-57(39-53)69-46-70(58-41-55(49-24-9-3-10-25-49)38-56(42-58)50-26-11-4-12-27-50)76-74(75-69)52-29-19-28-51(36-52)65-44-72-73(64-35-18-17-34-63(64)65)68-43-66-61-32-15-13-30-59(61)60-31-14-16-33-62(60)67(66)45-71(68)77-72/h1-46H. The highest BCUT2D eigenvalue weighted by Gasteiger charge is 2.20. The molecule has 0 bridgehead atoms. The van der Waals surface area contributed by atoms with E-state index in [1.165, 1.54) is 32.3 Å². The minimum Gasteiger partial charge on any atom is -0.456 e. The lowest BCUT2D eigenvalue weighted by Gasteiger charge is -2.15. The van der Waals surface area contributed by atoms with Crippen LogP contribution < -0.4 is 0 Å². The maximum atomic E-state index is 6.98. The van der Waals surface area contributed by atoms with Crippen LogP contribution in [0.4, 0.5) is 0 Å². The molecule has 15 aromatic rings. The average molecular weight is 979 g/mol. The summed E-state index contributed by atoms with van der Waals surface area (Å²) in [6, 6.07) is 100. The van der Waals surface area contributed by atoms with Gasteiger partial charge in [-0.2, -0.15) is 0 Å². The van der Waals surface area contributed by atoms with Gasteiger partial charge in [0.25, 0.3) is 0 Å². The van der Waals surface area contributed by atoms with E-state index in [2.05, 4.69) is 279 Å². The Labute approximate surface area is 445 Å². The molecule has 0 aliphatic heterocycles. The van der Waals surface area contributed by atoms with Crippen LogP contribution in [0.1, 0.15) is 0 Å². The predicted molar refractivity (Wildman–Crippen MR) is 323 cm³/mol. The van der Waals surface area contributed by atoms with Crippen LogP contribution in [0.25, 0.3) is 155 Å². The van der Waals surface area contributed by atoms with E-state index in [-0.39, 0.29) is 0 Å². The summed E-state index contributed by atoms with van der Waals surface area (Å²) < 4.78 is 6.98. The molecule has 77 heavy (non-hydrogen) atoms. The topological polar surface area (TPSA) is 38.9 Å². The monoisotopic (exact) mass is 978 g/mol. The zero-order chi connectivity index (χ0) is 50.8. The molecule has 358 valence electrons. The van der Waals surface area contributed by atoms with Crippen molar-refractivity contribution in [1.29, 1.82) is 0 Å². The largest absolute Gasteiger partial charge is 0.456 e. The SMILES string of the molecule is c1ccc(-c2cc(-c3ccccc3)cc(-c3cc(-c4cc(-c5ccccc5)cc(-c5ccccc5)c4)nc(-c4cccc(-c5cc6oc7cc8c9ccccc9c9ccccc9c8cc7c6c6ccccc56)c4)n3)c2)cc1. The fourth-order valence-corrected chi connectivity index (χ4v) is 11.7. The van der Waals surface area contributed by atoms with Crippen molar-refractivity contribution in [2.45, 2.75) is 0 Å². The van der Waals surface area contributed by atoms with Gasteiger partial charge in [0.1, 0.15) is 11.2 Å². The van der Waals surface area contributed by atoms with E-state index in [9.17, 15) is 0 Å². The van der Waals surface area contributed by atoms with Crippen molar-refractivity contribution in [2.24, 2.45) is 0 Å². The van der Waals surface area contributed by atoms with Gasteiger partial charge in [-0.1, -0.05) is 212 Å². The molecule has 13 aromatic carbocycles. The molecule has 0 radical (unpaired) electrons. The summed E-state index contributed by atoms with van der Waals surface area (Å²) in [5.41, 5.74) is 17.5. The van der Waals surface area contributed by atoms with Crippen molar-refractivity contribution in [2.75, 3.05) is 0 Å². The van der Waals surface area contributed by atoms with Crippen LogP contribution in [0.3, 0.4) is 0 Å². The van der Waals surface area contributed by atoms with E-state index in [1.807, 2.05) is 0 Å². The lowest BCUT2D eigenvalue weighted by atomic mass is 9.91. The van der Waals surface area contributed by atoms with E-state index in [0.29, 0.717) is 5.82 Å². The Morgan fingerprint density at radius 1 is 0.208 bits per heavy atom. The summed E-state index contributed by atoms with van der Waals surface area (Å²) in [7, 11) is 0. The fraction of sp³-hybridized carbons (Fsp3) is 0. The summed E-state index contributed by atoms with van der Waals surface area (Å²) in [5.74, 6) is 0.636. The van der Waals surface area contributed by atoms with E-state index in [4.69, 9.17) is 14.4 Å². The minimum atomic E-state index is 0.636. The van der Waals surface area contributed by atoms with Gasteiger partial charge in [0.2, 0.25) is 0 Å². The van der Waals surface area contributed by atoms with Crippen LogP contribution in [0.2, 0.25) is 0 Å². The maximum Gasteiger partial charge on any atom is 0.160 e. The lowest BCUT2D eigenvalue weighted by Crippen LogP contribution is -1.97. The Morgan fingerprint density at radius 2 is 0.571 bits per heavy atom. The molecule has 2 aromatic heterocycles. The molecular formula is C74H46N2O. The Hall–Kier alpha value is -10.2. The number of hydrogen-bond donors (Lipinski definition) is 0. The molecule has 0 saturated carbocycles. The highest BCUT2D eigenvalue weighted by atomic mass is 16.3. The van der Waals surface area contributed by atoms with E-state index in [1.54, 1.807) is 0 Å². The highest BCUT2D eigenvalue weighted by molar-refractivity contribution is 6.30. The van der Waals surface area contributed by atoms with Crippen LogP contribution in [0.15, 0.2) is 283 Å². The number of nitrogens with zero attached hydrogens (tertiary/aromatic N) is 2. The van der Waals surface area contributed by atoms with E-state index in [0.717, 1.165) is 116 Å². The summed E-state index contributed by atoms with van der Waals surface area (Å²) in [6.45, 7) is 0. The second-order valence-electron chi connectivity index (χ2n) is 20.0. The van der Waals surface area contributed by atoms with Gasteiger partial charge < -0.3 is 4.42 Å². The van der Waals surface area contributed by atoms with Crippen molar-refractivity contribution >= 4 is 65.0 Å². The molecule has 0 N–H and O–H groups in total. The van der Waals surface area contributed by atoms with Crippen LogP contribution in [-0.2, 0) is 0 Å². The third-order valence-corrected chi connectivity index (χ3v) is 15.4. The molecule has 0 aliphatic rings. The second kappa shape index (κ2) is 18.3. The molecular weight excluding hydrogens is 933 g/mol. The Bertz CT molecular complexity index is 4510. The normalized spacial score (nSPS) is 11.6. The Kier molecular flexibility index (Phi) is 10.5. The van der Waals surface area contributed by atoms with Crippen LogP contribution >= 0.6 is 0 Å². The van der Waals surface area contributed by atoms with Gasteiger partial charge in [-0.15, -0.1) is 0 Å². The minimum absolute atomic E-state index is 0.636.